The normalized spacial score (nSPS) is 11.0. The van der Waals surface area contributed by atoms with Gasteiger partial charge in [0.05, 0.1) is 23.8 Å². The van der Waals surface area contributed by atoms with E-state index in [0.29, 0.717) is 10.7 Å². The third kappa shape index (κ3) is 3.68. The first kappa shape index (κ1) is 15.5. The Morgan fingerprint density at radius 2 is 2.05 bits per heavy atom. The van der Waals surface area contributed by atoms with Gasteiger partial charge in [-0.15, -0.1) is 0 Å². The van der Waals surface area contributed by atoms with Gasteiger partial charge in [0.15, 0.2) is 0 Å². The van der Waals surface area contributed by atoms with E-state index in [2.05, 4.69) is 10.1 Å². The first-order valence-electron chi connectivity index (χ1n) is 5.71. The summed E-state index contributed by atoms with van der Waals surface area (Å²) in [6, 6.07) is 4.58. The molecular formula is C13H17ClN2O3. The predicted molar refractivity (Wildman–Crippen MR) is 74.3 cm³/mol. The number of nitrogens with one attached hydrogen (secondary N) is 1. The molecule has 0 aromatic heterocycles. The molecule has 1 aromatic carbocycles. The van der Waals surface area contributed by atoms with Crippen molar-refractivity contribution < 1.29 is 14.3 Å². The van der Waals surface area contributed by atoms with Crippen LogP contribution in [0, 0.1) is 5.41 Å². The van der Waals surface area contributed by atoms with Crippen LogP contribution in [0.1, 0.15) is 24.2 Å². The van der Waals surface area contributed by atoms with Gasteiger partial charge >= 0.3 is 5.97 Å². The second kappa shape index (κ2) is 6.04. The molecule has 0 bridgehead atoms. The monoisotopic (exact) mass is 284 g/mol. The van der Waals surface area contributed by atoms with Gasteiger partial charge in [0.2, 0.25) is 5.91 Å². The van der Waals surface area contributed by atoms with Gasteiger partial charge in [-0.05, 0) is 32.0 Å². The number of amides is 1. The van der Waals surface area contributed by atoms with Crippen LogP contribution in [0.15, 0.2) is 18.2 Å². The average Bonchev–Trinajstić information content (AvgIpc) is 2.39. The zero-order valence-corrected chi connectivity index (χ0v) is 11.9. The van der Waals surface area contributed by atoms with Gasteiger partial charge in [-0.1, -0.05) is 11.6 Å². The number of carbonyl (C=O) groups excluding carboxylic acids is 2. The minimum atomic E-state index is -0.729. The van der Waals surface area contributed by atoms with Crippen LogP contribution < -0.4 is 11.1 Å². The maximum absolute atomic E-state index is 12.0. The van der Waals surface area contributed by atoms with Gasteiger partial charge in [-0.2, -0.15) is 0 Å². The predicted octanol–water partition coefficient (Wildman–Crippen LogP) is 2.05. The largest absolute Gasteiger partial charge is 0.465 e. The Hall–Kier alpha value is -1.59. The van der Waals surface area contributed by atoms with E-state index in [1.54, 1.807) is 26.0 Å². The molecule has 0 aliphatic heterocycles. The number of rotatable bonds is 4. The van der Waals surface area contributed by atoms with Crippen LogP contribution in [0.5, 0.6) is 0 Å². The maximum Gasteiger partial charge on any atom is 0.340 e. The van der Waals surface area contributed by atoms with E-state index < -0.39 is 11.4 Å². The number of hydrogen-bond acceptors (Lipinski definition) is 4. The lowest BCUT2D eigenvalue weighted by Gasteiger charge is -2.22. The minimum Gasteiger partial charge on any atom is -0.465 e. The molecule has 19 heavy (non-hydrogen) atoms. The Morgan fingerprint density at radius 1 is 1.42 bits per heavy atom. The highest BCUT2D eigenvalue weighted by molar-refractivity contribution is 6.31. The Bertz CT molecular complexity index is 501. The second-order valence-corrected chi connectivity index (χ2v) is 5.16. The molecule has 6 heteroatoms. The molecule has 0 aliphatic carbocycles. The SMILES string of the molecule is COC(=O)c1cc(Cl)ccc1NC(=O)C(C)(C)CN. The molecule has 0 spiro atoms. The zero-order chi connectivity index (χ0) is 14.6. The standard InChI is InChI=1S/C13H17ClN2O3/c1-13(2,7-15)12(18)16-10-5-4-8(14)6-9(10)11(17)19-3/h4-6H,7,15H2,1-3H3,(H,16,18). The number of ether oxygens (including phenoxy) is 1. The lowest BCUT2D eigenvalue weighted by molar-refractivity contribution is -0.123. The van der Waals surface area contributed by atoms with Crippen molar-refractivity contribution in [2.45, 2.75) is 13.8 Å². The van der Waals surface area contributed by atoms with Crippen LogP contribution in [-0.2, 0) is 9.53 Å². The molecule has 3 N–H and O–H groups in total. The first-order chi connectivity index (χ1) is 8.81. The molecule has 0 atom stereocenters. The quantitative estimate of drug-likeness (QED) is 0.829. The Balaban J connectivity index is 3.08. The molecule has 0 saturated heterocycles. The number of benzene rings is 1. The van der Waals surface area contributed by atoms with Crippen molar-refractivity contribution in [2.24, 2.45) is 11.1 Å². The van der Waals surface area contributed by atoms with Gasteiger partial charge in [-0.3, -0.25) is 4.79 Å². The smallest absolute Gasteiger partial charge is 0.340 e. The summed E-state index contributed by atoms with van der Waals surface area (Å²) in [4.78, 5) is 23.7. The number of methoxy groups -OCH3 is 1. The number of nitrogens with two attached hydrogens (primary N) is 1. The highest BCUT2D eigenvalue weighted by atomic mass is 35.5. The van der Waals surface area contributed by atoms with Crippen molar-refractivity contribution in [3.8, 4) is 0 Å². The molecule has 104 valence electrons. The Morgan fingerprint density at radius 3 is 2.58 bits per heavy atom. The molecule has 0 radical (unpaired) electrons. The molecule has 0 heterocycles. The zero-order valence-electron chi connectivity index (χ0n) is 11.1. The van der Waals surface area contributed by atoms with Gasteiger partial charge < -0.3 is 15.8 Å². The number of halogens is 1. The number of carbonyl (C=O) groups is 2. The van der Waals surface area contributed by atoms with E-state index in [0.717, 1.165) is 0 Å². The summed E-state index contributed by atoms with van der Waals surface area (Å²) < 4.78 is 4.65. The first-order valence-corrected chi connectivity index (χ1v) is 6.09. The number of esters is 1. The van der Waals surface area contributed by atoms with Gasteiger partial charge in [0, 0.05) is 11.6 Å². The van der Waals surface area contributed by atoms with Crippen LogP contribution in [0.4, 0.5) is 5.69 Å². The maximum atomic E-state index is 12.0. The van der Waals surface area contributed by atoms with E-state index in [1.165, 1.54) is 13.2 Å². The summed E-state index contributed by atoms with van der Waals surface area (Å²) in [6.07, 6.45) is 0. The minimum absolute atomic E-state index is 0.194. The van der Waals surface area contributed by atoms with Crippen LogP contribution in [-0.4, -0.2) is 25.5 Å². The molecule has 1 rings (SSSR count). The molecule has 0 aliphatic rings. The fourth-order valence-corrected chi connectivity index (χ4v) is 1.46. The van der Waals surface area contributed by atoms with Crippen molar-refractivity contribution in [1.29, 1.82) is 0 Å². The Labute approximate surface area is 117 Å². The van der Waals surface area contributed by atoms with Gasteiger partial charge in [0.25, 0.3) is 0 Å². The summed E-state index contributed by atoms with van der Waals surface area (Å²) in [7, 11) is 1.26. The summed E-state index contributed by atoms with van der Waals surface area (Å²) in [5.74, 6) is -0.842. The van der Waals surface area contributed by atoms with Crippen molar-refractivity contribution in [3.05, 3.63) is 28.8 Å². The van der Waals surface area contributed by atoms with Crippen LogP contribution >= 0.6 is 11.6 Å². The highest BCUT2D eigenvalue weighted by Gasteiger charge is 2.27. The van der Waals surface area contributed by atoms with Crippen LogP contribution in [0.3, 0.4) is 0 Å². The molecule has 0 unspecified atom stereocenters. The molecule has 1 amide bonds. The van der Waals surface area contributed by atoms with Gasteiger partial charge in [0.1, 0.15) is 0 Å². The fourth-order valence-electron chi connectivity index (χ4n) is 1.29. The van der Waals surface area contributed by atoms with Crippen LogP contribution in [0.2, 0.25) is 5.02 Å². The lowest BCUT2D eigenvalue weighted by atomic mass is 9.92. The molecule has 1 aromatic rings. The summed E-state index contributed by atoms with van der Waals surface area (Å²) in [5, 5.41) is 3.05. The third-order valence-corrected chi connectivity index (χ3v) is 3.00. The van der Waals surface area contributed by atoms with Crippen LogP contribution in [0.25, 0.3) is 0 Å². The lowest BCUT2D eigenvalue weighted by Crippen LogP contribution is -2.37. The average molecular weight is 285 g/mol. The number of hydrogen-bond donors (Lipinski definition) is 2. The van der Waals surface area contributed by atoms with E-state index in [4.69, 9.17) is 17.3 Å². The molecule has 5 nitrogen and oxygen atoms in total. The van der Waals surface area contributed by atoms with Crippen molar-refractivity contribution in [1.82, 2.24) is 0 Å². The number of anilines is 1. The van der Waals surface area contributed by atoms with Crippen molar-refractivity contribution in [2.75, 3.05) is 19.0 Å². The van der Waals surface area contributed by atoms with Gasteiger partial charge in [-0.25, -0.2) is 4.79 Å². The van der Waals surface area contributed by atoms with E-state index in [-0.39, 0.29) is 18.0 Å². The highest BCUT2D eigenvalue weighted by Crippen LogP contribution is 2.24. The van der Waals surface area contributed by atoms with E-state index in [9.17, 15) is 9.59 Å². The van der Waals surface area contributed by atoms with E-state index in [1.807, 2.05) is 0 Å². The van der Waals surface area contributed by atoms with Crippen molar-refractivity contribution in [3.63, 3.8) is 0 Å². The topological polar surface area (TPSA) is 81.4 Å². The third-order valence-electron chi connectivity index (χ3n) is 2.76. The van der Waals surface area contributed by atoms with E-state index >= 15 is 0 Å². The summed E-state index contributed by atoms with van der Waals surface area (Å²) in [6.45, 7) is 3.63. The molecule has 0 fully saturated rings. The second-order valence-electron chi connectivity index (χ2n) is 4.72. The molecular weight excluding hydrogens is 268 g/mol. The molecule has 0 saturated carbocycles. The Kier molecular flexibility index (Phi) is 4.91. The van der Waals surface area contributed by atoms with Crippen molar-refractivity contribution >= 4 is 29.2 Å². The fraction of sp³-hybridized carbons (Fsp3) is 0.385. The summed E-state index contributed by atoms with van der Waals surface area (Å²) in [5.41, 5.74) is 5.36. The summed E-state index contributed by atoms with van der Waals surface area (Å²) >= 11 is 5.83.